The van der Waals surface area contributed by atoms with Gasteiger partial charge in [-0.15, -0.1) is 0 Å². The fourth-order valence-corrected chi connectivity index (χ4v) is 17.0. The van der Waals surface area contributed by atoms with E-state index in [2.05, 4.69) is 107 Å². The van der Waals surface area contributed by atoms with Crippen molar-refractivity contribution in [3.05, 3.63) is 72.8 Å². The Balaban J connectivity index is 2.33. The second-order valence-corrected chi connectivity index (χ2v) is 24.7. The molecule has 0 atom stereocenters. The van der Waals surface area contributed by atoms with E-state index in [0.29, 0.717) is 50.6 Å². The minimum atomic E-state index is -0.649. The van der Waals surface area contributed by atoms with Crippen LogP contribution in [0.4, 0.5) is 0 Å². The molecule has 4 aromatic rings. The van der Waals surface area contributed by atoms with E-state index >= 15 is 0 Å². The first-order chi connectivity index (χ1) is 22.6. The van der Waals surface area contributed by atoms with Gasteiger partial charge >= 0.3 is 0 Å². The van der Waals surface area contributed by atoms with Crippen molar-refractivity contribution in [2.45, 2.75) is 117 Å². The Hall–Kier alpha value is -2.43. The SMILES string of the molecule is CC(C)P(c1cc(P(C(C)C)C(C)C)c(-c2c(-c3ccccc3)cc(-c3ccccc3O)c(O)c2O)c(P(C(C)C)C(C)C)c1)C(C)C. The summed E-state index contributed by atoms with van der Waals surface area (Å²) in [6.45, 7) is 28.3. The highest BCUT2D eigenvalue weighted by Gasteiger charge is 2.35. The van der Waals surface area contributed by atoms with Crippen LogP contribution in [-0.4, -0.2) is 49.3 Å². The van der Waals surface area contributed by atoms with Gasteiger partial charge in [-0.3, -0.25) is 0 Å². The van der Waals surface area contributed by atoms with Gasteiger partial charge in [-0.1, -0.05) is 155 Å². The summed E-state index contributed by atoms with van der Waals surface area (Å²) in [5.41, 5.74) is 7.31. The number of aromatic hydroxyl groups is 3. The van der Waals surface area contributed by atoms with E-state index in [1.54, 1.807) is 18.2 Å². The second-order valence-electron chi connectivity index (χ2n) is 14.6. The smallest absolute Gasteiger partial charge is 0.166 e. The van der Waals surface area contributed by atoms with Crippen molar-refractivity contribution >= 4 is 39.7 Å². The van der Waals surface area contributed by atoms with Gasteiger partial charge in [0.15, 0.2) is 11.5 Å². The molecule has 0 saturated heterocycles. The molecule has 0 radical (unpaired) electrons. The van der Waals surface area contributed by atoms with E-state index < -0.39 is 23.8 Å². The molecule has 0 aliphatic carbocycles. The van der Waals surface area contributed by atoms with Crippen LogP contribution >= 0.6 is 23.8 Å². The Morgan fingerprint density at radius 3 is 1.29 bits per heavy atom. The average Bonchev–Trinajstić information content (AvgIpc) is 2.99. The highest BCUT2D eigenvalue weighted by atomic mass is 31.1. The summed E-state index contributed by atoms with van der Waals surface area (Å²) in [5, 5.41) is 39.4. The Morgan fingerprint density at radius 2 is 0.854 bits per heavy atom. The Kier molecular flexibility index (Phi) is 12.8. The summed E-state index contributed by atoms with van der Waals surface area (Å²) in [6.07, 6.45) is 0. The zero-order chi connectivity index (χ0) is 35.6. The summed E-state index contributed by atoms with van der Waals surface area (Å²) in [4.78, 5) is 0. The third-order valence-corrected chi connectivity index (χ3v) is 18.4. The Bertz CT molecular complexity index is 1630. The van der Waals surface area contributed by atoms with Crippen molar-refractivity contribution in [2.24, 2.45) is 0 Å². The second kappa shape index (κ2) is 16.1. The minimum absolute atomic E-state index is 0.0618. The molecule has 4 aromatic carbocycles. The molecule has 4 rings (SSSR count). The molecule has 6 heteroatoms. The summed E-state index contributed by atoms with van der Waals surface area (Å²) in [5.74, 6) is -0.257. The van der Waals surface area contributed by atoms with E-state index in [1.807, 2.05) is 30.3 Å². The number of phenols is 3. The Morgan fingerprint density at radius 1 is 0.417 bits per heavy atom. The highest BCUT2D eigenvalue weighted by Crippen LogP contribution is 2.57. The lowest BCUT2D eigenvalue weighted by Gasteiger charge is -2.37. The van der Waals surface area contributed by atoms with Crippen LogP contribution in [0.25, 0.3) is 33.4 Å². The normalized spacial score (nSPS) is 12.4. The first-order valence-electron chi connectivity index (χ1n) is 17.5. The largest absolute Gasteiger partial charge is 0.507 e. The van der Waals surface area contributed by atoms with Gasteiger partial charge in [-0.25, -0.2) is 0 Å². The Labute approximate surface area is 294 Å². The average molecular weight is 703 g/mol. The first kappa shape index (κ1) is 38.4. The van der Waals surface area contributed by atoms with Crippen LogP contribution in [0.15, 0.2) is 72.8 Å². The lowest BCUT2D eigenvalue weighted by Crippen LogP contribution is -2.31. The predicted molar refractivity (Wildman–Crippen MR) is 218 cm³/mol. The molecule has 0 spiro atoms. The van der Waals surface area contributed by atoms with Crippen LogP contribution in [0.5, 0.6) is 17.2 Å². The van der Waals surface area contributed by atoms with Crippen LogP contribution in [0.1, 0.15) is 83.1 Å². The number of rotatable bonds is 12. The van der Waals surface area contributed by atoms with Gasteiger partial charge in [-0.2, -0.15) is 0 Å². The number of phenolic OH excluding ortho intramolecular Hbond substituents is 3. The first-order valence-corrected chi connectivity index (χ1v) is 22.0. The summed E-state index contributed by atoms with van der Waals surface area (Å²) in [6, 6.07) is 24.3. The van der Waals surface area contributed by atoms with Crippen LogP contribution in [-0.2, 0) is 0 Å². The topological polar surface area (TPSA) is 60.7 Å². The third-order valence-electron chi connectivity index (χ3n) is 9.08. The summed E-state index contributed by atoms with van der Waals surface area (Å²) >= 11 is 0. The van der Waals surface area contributed by atoms with Gasteiger partial charge in [0, 0.05) is 22.3 Å². The summed E-state index contributed by atoms with van der Waals surface area (Å²) in [7, 11) is -1.74. The van der Waals surface area contributed by atoms with Gasteiger partial charge < -0.3 is 15.3 Å². The van der Waals surface area contributed by atoms with Crippen molar-refractivity contribution in [2.75, 3.05) is 0 Å². The van der Waals surface area contributed by atoms with Crippen LogP contribution in [0, 0.1) is 0 Å². The fraction of sp³-hybridized carbons (Fsp3) is 0.429. The number of benzene rings is 4. The standard InChI is InChI=1S/C42H57O3P3/c1-25(2)46(26(3)4)32-22-37(47(27(5)6)28(7)8)40(38(23-32)48(29(9)10)30(11)12)39-34(31-18-14-13-15-19-31)24-35(41(44)42(39)45)33-20-16-17-21-36(33)43/h13-30,43-45H,1-12H3. The zero-order valence-corrected chi connectivity index (χ0v) is 33.8. The van der Waals surface area contributed by atoms with E-state index in [0.717, 1.165) is 16.7 Å². The van der Waals surface area contributed by atoms with Crippen molar-refractivity contribution in [1.29, 1.82) is 0 Å². The van der Waals surface area contributed by atoms with Crippen LogP contribution in [0.3, 0.4) is 0 Å². The molecule has 3 N–H and O–H groups in total. The maximum atomic E-state index is 12.4. The molecule has 0 aliphatic heterocycles. The lowest BCUT2D eigenvalue weighted by molar-refractivity contribution is 0.406. The molecular weight excluding hydrogens is 645 g/mol. The van der Waals surface area contributed by atoms with Crippen molar-refractivity contribution in [1.82, 2.24) is 0 Å². The molecule has 48 heavy (non-hydrogen) atoms. The maximum absolute atomic E-state index is 12.4. The highest BCUT2D eigenvalue weighted by molar-refractivity contribution is 7.70. The van der Waals surface area contributed by atoms with E-state index in [1.165, 1.54) is 15.9 Å². The zero-order valence-electron chi connectivity index (χ0n) is 31.1. The fourth-order valence-electron chi connectivity index (χ4n) is 7.57. The van der Waals surface area contributed by atoms with Gasteiger partial charge in [0.1, 0.15) is 5.75 Å². The molecule has 0 amide bonds. The molecule has 0 unspecified atom stereocenters. The molecule has 0 aliphatic rings. The lowest BCUT2D eigenvalue weighted by atomic mass is 9.89. The summed E-state index contributed by atoms with van der Waals surface area (Å²) < 4.78 is 0. The van der Waals surface area contributed by atoms with Crippen molar-refractivity contribution in [3.8, 4) is 50.6 Å². The number of hydrogen-bond acceptors (Lipinski definition) is 3. The van der Waals surface area contributed by atoms with E-state index in [-0.39, 0.29) is 17.2 Å². The predicted octanol–water partition coefficient (Wildman–Crippen LogP) is 11.6. The molecule has 0 fully saturated rings. The van der Waals surface area contributed by atoms with Gasteiger partial charge in [0.2, 0.25) is 0 Å². The molecule has 0 saturated carbocycles. The van der Waals surface area contributed by atoms with Crippen molar-refractivity contribution in [3.63, 3.8) is 0 Å². The maximum Gasteiger partial charge on any atom is 0.166 e. The van der Waals surface area contributed by atoms with Crippen LogP contribution in [0.2, 0.25) is 0 Å². The molecule has 3 nitrogen and oxygen atoms in total. The molecule has 0 aromatic heterocycles. The van der Waals surface area contributed by atoms with Crippen LogP contribution < -0.4 is 15.9 Å². The molecule has 0 bridgehead atoms. The van der Waals surface area contributed by atoms with Gasteiger partial charge in [0.25, 0.3) is 0 Å². The monoisotopic (exact) mass is 702 g/mol. The number of para-hydroxylation sites is 1. The number of hydrogen-bond donors (Lipinski definition) is 3. The quantitative estimate of drug-likeness (QED) is 0.102. The van der Waals surface area contributed by atoms with Gasteiger partial charge in [-0.05, 0) is 85.3 Å². The minimum Gasteiger partial charge on any atom is -0.507 e. The third kappa shape index (κ3) is 7.81. The molecule has 0 heterocycles. The van der Waals surface area contributed by atoms with E-state index in [9.17, 15) is 15.3 Å². The molecular formula is C42H57O3P3. The van der Waals surface area contributed by atoms with Crippen molar-refractivity contribution < 1.29 is 15.3 Å². The van der Waals surface area contributed by atoms with Gasteiger partial charge in [0.05, 0.1) is 0 Å². The van der Waals surface area contributed by atoms with E-state index in [4.69, 9.17) is 0 Å². The molecule has 258 valence electrons.